The van der Waals surface area contributed by atoms with Crippen molar-refractivity contribution in [3.8, 4) is 6.01 Å². The molecule has 0 aromatic carbocycles. The van der Waals surface area contributed by atoms with Gasteiger partial charge in [0.05, 0.1) is 7.11 Å². The van der Waals surface area contributed by atoms with E-state index in [4.69, 9.17) is 10.5 Å². The number of hydrogen-bond donors (Lipinski definition) is 2. The summed E-state index contributed by atoms with van der Waals surface area (Å²) >= 11 is 0. The number of nitrogen functional groups attached to an aromatic ring is 1. The summed E-state index contributed by atoms with van der Waals surface area (Å²) in [7, 11) is 1.49. The standard InChI is InChI=1S/C6H7N5O/c1-12-6-10-4(7)3-5(11-6)9-2-8-3/h2H,1H3,(H3,7,8,9,10,11)/p+1. The van der Waals surface area contributed by atoms with Gasteiger partial charge in [0.1, 0.15) is 0 Å². The number of imidazole rings is 1. The van der Waals surface area contributed by atoms with Crippen LogP contribution in [0.15, 0.2) is 6.33 Å². The van der Waals surface area contributed by atoms with Crippen molar-refractivity contribution in [2.24, 2.45) is 0 Å². The maximum Gasteiger partial charge on any atom is 0.397 e. The van der Waals surface area contributed by atoms with E-state index in [-0.39, 0.29) is 6.01 Å². The summed E-state index contributed by atoms with van der Waals surface area (Å²) in [5.74, 6) is 0.373. The Morgan fingerprint density at radius 3 is 3.17 bits per heavy atom. The van der Waals surface area contributed by atoms with Gasteiger partial charge in [0.2, 0.25) is 5.52 Å². The van der Waals surface area contributed by atoms with Crippen molar-refractivity contribution >= 4 is 17.0 Å². The third-order valence-corrected chi connectivity index (χ3v) is 1.52. The summed E-state index contributed by atoms with van der Waals surface area (Å²) in [6.45, 7) is 0. The van der Waals surface area contributed by atoms with Gasteiger partial charge in [0.15, 0.2) is 12.1 Å². The van der Waals surface area contributed by atoms with Crippen molar-refractivity contribution in [2.45, 2.75) is 0 Å². The van der Waals surface area contributed by atoms with Crippen molar-refractivity contribution < 1.29 is 9.72 Å². The molecule has 2 aromatic heterocycles. The van der Waals surface area contributed by atoms with Crippen LogP contribution in [0.2, 0.25) is 0 Å². The fourth-order valence-electron chi connectivity index (χ4n) is 0.971. The first-order valence-electron chi connectivity index (χ1n) is 3.37. The number of fused-ring (bicyclic) bond motifs is 1. The molecule has 0 aliphatic carbocycles. The molecule has 0 radical (unpaired) electrons. The van der Waals surface area contributed by atoms with Crippen molar-refractivity contribution in [2.75, 3.05) is 12.8 Å². The number of aromatic amines is 2. The molecule has 0 amide bonds. The number of ether oxygens (including phenoxy) is 1. The second-order valence-electron chi connectivity index (χ2n) is 2.25. The van der Waals surface area contributed by atoms with Crippen LogP contribution in [-0.4, -0.2) is 22.1 Å². The Balaban J connectivity index is 2.75. The largest absolute Gasteiger partial charge is 0.454 e. The number of anilines is 1. The van der Waals surface area contributed by atoms with Crippen LogP contribution in [0.3, 0.4) is 0 Å². The Kier molecular flexibility index (Phi) is 1.33. The number of nitrogens with one attached hydrogen (secondary N) is 2. The van der Waals surface area contributed by atoms with Gasteiger partial charge in [-0.25, -0.2) is 4.98 Å². The zero-order valence-electron chi connectivity index (χ0n) is 6.46. The average Bonchev–Trinajstić information content (AvgIpc) is 2.52. The zero-order valence-corrected chi connectivity index (χ0v) is 6.46. The second-order valence-corrected chi connectivity index (χ2v) is 2.25. The normalized spacial score (nSPS) is 10.4. The highest BCUT2D eigenvalue weighted by atomic mass is 16.5. The molecule has 62 valence electrons. The Morgan fingerprint density at radius 1 is 1.58 bits per heavy atom. The number of hydrogen-bond acceptors (Lipinski definition) is 4. The van der Waals surface area contributed by atoms with E-state index in [1.54, 1.807) is 6.33 Å². The Morgan fingerprint density at radius 2 is 2.42 bits per heavy atom. The van der Waals surface area contributed by atoms with Gasteiger partial charge in [-0.1, -0.05) is 0 Å². The molecule has 2 heterocycles. The molecule has 0 saturated carbocycles. The first-order valence-corrected chi connectivity index (χ1v) is 3.37. The summed E-state index contributed by atoms with van der Waals surface area (Å²) < 4.78 is 4.84. The van der Waals surface area contributed by atoms with Crippen molar-refractivity contribution in [3.05, 3.63) is 6.33 Å². The SMILES string of the molecule is COc1nc(N)c2[nH]c[nH+]c2n1. The van der Waals surface area contributed by atoms with Crippen LogP contribution >= 0.6 is 0 Å². The first kappa shape index (κ1) is 6.84. The lowest BCUT2D eigenvalue weighted by molar-refractivity contribution is -0.347. The van der Waals surface area contributed by atoms with Crippen molar-refractivity contribution in [3.63, 3.8) is 0 Å². The van der Waals surface area contributed by atoms with Crippen LogP contribution in [0.5, 0.6) is 6.01 Å². The lowest BCUT2D eigenvalue weighted by atomic mass is 10.5. The average molecular weight is 166 g/mol. The molecule has 6 heteroatoms. The topological polar surface area (TPSA) is 91.0 Å². The van der Waals surface area contributed by atoms with Gasteiger partial charge in [-0.2, -0.15) is 4.98 Å². The molecule has 0 aliphatic rings. The molecule has 0 atom stereocenters. The van der Waals surface area contributed by atoms with Crippen LogP contribution < -0.4 is 15.5 Å². The molecule has 6 nitrogen and oxygen atoms in total. The van der Waals surface area contributed by atoms with Crippen LogP contribution in [0.4, 0.5) is 5.82 Å². The van der Waals surface area contributed by atoms with E-state index in [1.165, 1.54) is 7.11 Å². The van der Waals surface area contributed by atoms with E-state index < -0.39 is 0 Å². The molecule has 0 unspecified atom stereocenters. The summed E-state index contributed by atoms with van der Waals surface area (Å²) in [6, 6.07) is 0.260. The third kappa shape index (κ3) is 0.849. The number of methoxy groups -OCH3 is 1. The highest BCUT2D eigenvalue weighted by Gasteiger charge is 2.12. The highest BCUT2D eigenvalue weighted by molar-refractivity contribution is 5.78. The Labute approximate surface area is 67.8 Å². The lowest BCUT2D eigenvalue weighted by Gasteiger charge is -1.92. The maximum atomic E-state index is 5.59. The lowest BCUT2D eigenvalue weighted by Crippen LogP contribution is -2.03. The van der Waals surface area contributed by atoms with Gasteiger partial charge in [0, 0.05) is 0 Å². The van der Waals surface area contributed by atoms with E-state index in [1.807, 2.05) is 0 Å². The minimum atomic E-state index is 0.260. The molecule has 0 spiro atoms. The second kappa shape index (κ2) is 2.33. The molecule has 4 N–H and O–H groups in total. The van der Waals surface area contributed by atoms with Gasteiger partial charge in [-0.05, 0) is 4.98 Å². The molecule has 0 saturated heterocycles. The summed E-state index contributed by atoms with van der Waals surface area (Å²) in [5.41, 5.74) is 6.92. The molecule has 12 heavy (non-hydrogen) atoms. The fraction of sp³-hybridized carbons (Fsp3) is 0.167. The molecule has 2 rings (SSSR count). The predicted octanol–water partition coefficient (Wildman–Crippen LogP) is -0.637. The minimum absolute atomic E-state index is 0.260. The number of H-pyrrole nitrogens is 2. The summed E-state index contributed by atoms with van der Waals surface area (Å²) in [6.07, 6.45) is 1.63. The van der Waals surface area contributed by atoms with Gasteiger partial charge < -0.3 is 10.5 Å². The van der Waals surface area contributed by atoms with Crippen molar-refractivity contribution in [1.82, 2.24) is 15.0 Å². The maximum absolute atomic E-state index is 5.59. The number of rotatable bonds is 1. The van der Waals surface area contributed by atoms with Gasteiger partial charge >= 0.3 is 11.7 Å². The van der Waals surface area contributed by atoms with E-state index in [0.29, 0.717) is 17.0 Å². The number of aromatic nitrogens is 4. The fourth-order valence-corrected chi connectivity index (χ4v) is 0.971. The molecular weight excluding hydrogens is 158 g/mol. The van der Waals surface area contributed by atoms with Crippen LogP contribution in [0.25, 0.3) is 11.2 Å². The molecule has 0 aliphatic heterocycles. The molecule has 0 bridgehead atoms. The van der Waals surface area contributed by atoms with E-state index in [0.717, 1.165) is 0 Å². The molecular formula is C6H8N5O+. The summed E-state index contributed by atoms with van der Waals surface area (Å²) in [4.78, 5) is 13.6. The number of nitrogens with two attached hydrogens (primary N) is 1. The van der Waals surface area contributed by atoms with Crippen LogP contribution in [0.1, 0.15) is 0 Å². The van der Waals surface area contributed by atoms with E-state index in [2.05, 4.69) is 19.9 Å². The third-order valence-electron chi connectivity index (χ3n) is 1.52. The monoisotopic (exact) mass is 166 g/mol. The van der Waals surface area contributed by atoms with Gasteiger partial charge in [-0.15, -0.1) is 0 Å². The first-order chi connectivity index (χ1) is 5.81. The van der Waals surface area contributed by atoms with Crippen LogP contribution in [0, 0.1) is 0 Å². The molecule has 2 aromatic rings. The summed E-state index contributed by atoms with van der Waals surface area (Å²) in [5, 5.41) is 0. The predicted molar refractivity (Wildman–Crippen MR) is 41.4 cm³/mol. The minimum Gasteiger partial charge on any atom is -0.454 e. The zero-order chi connectivity index (χ0) is 8.55. The quantitative estimate of drug-likeness (QED) is 0.589. The van der Waals surface area contributed by atoms with E-state index >= 15 is 0 Å². The smallest absolute Gasteiger partial charge is 0.397 e. The van der Waals surface area contributed by atoms with E-state index in [9.17, 15) is 0 Å². The Hall–Kier alpha value is -1.85. The number of nitrogens with zero attached hydrogens (tertiary/aromatic N) is 2. The van der Waals surface area contributed by atoms with Crippen molar-refractivity contribution in [1.29, 1.82) is 0 Å². The molecule has 0 fully saturated rings. The Bertz CT molecular complexity index is 409. The highest BCUT2D eigenvalue weighted by Crippen LogP contribution is 2.13. The van der Waals surface area contributed by atoms with Crippen LogP contribution in [-0.2, 0) is 0 Å². The van der Waals surface area contributed by atoms with Gasteiger partial charge in [0.25, 0.3) is 0 Å². The van der Waals surface area contributed by atoms with Gasteiger partial charge in [-0.3, -0.25) is 4.98 Å².